The fourth-order valence-electron chi connectivity index (χ4n) is 3.58. The summed E-state index contributed by atoms with van der Waals surface area (Å²) in [6.45, 7) is 2.08. The van der Waals surface area contributed by atoms with Gasteiger partial charge in [0.25, 0.3) is 15.9 Å². The quantitative estimate of drug-likeness (QED) is 0.669. The number of aryl methyl sites for hydroxylation is 2. The molecule has 1 aliphatic heterocycles. The highest BCUT2D eigenvalue weighted by Crippen LogP contribution is 2.32. The van der Waals surface area contributed by atoms with Gasteiger partial charge < -0.3 is 4.90 Å². The van der Waals surface area contributed by atoms with Crippen LogP contribution < -0.4 is 9.62 Å². The average molecular weight is 424 g/mol. The van der Waals surface area contributed by atoms with Gasteiger partial charge in [-0.3, -0.25) is 9.52 Å². The van der Waals surface area contributed by atoms with Crippen LogP contribution in [0.2, 0.25) is 0 Å². The predicted molar refractivity (Wildman–Crippen MR) is 115 cm³/mol. The minimum atomic E-state index is -3.89. The van der Waals surface area contributed by atoms with Gasteiger partial charge in [0.1, 0.15) is 5.82 Å². The van der Waals surface area contributed by atoms with Crippen molar-refractivity contribution in [3.8, 4) is 0 Å². The Bertz CT molecular complexity index is 1210. The molecule has 0 saturated carbocycles. The lowest BCUT2D eigenvalue weighted by Gasteiger charge is -2.30. The van der Waals surface area contributed by atoms with E-state index in [9.17, 15) is 17.6 Å². The van der Waals surface area contributed by atoms with E-state index in [1.54, 1.807) is 29.2 Å². The first kappa shape index (κ1) is 20.1. The van der Waals surface area contributed by atoms with E-state index in [2.05, 4.69) is 4.72 Å². The fraction of sp³-hybridized carbons (Fsp3) is 0.174. The molecule has 5 nitrogen and oxygen atoms in total. The largest absolute Gasteiger partial charge is 0.308 e. The molecule has 1 aliphatic rings. The maximum absolute atomic E-state index is 13.5. The maximum Gasteiger partial charge on any atom is 0.261 e. The lowest BCUT2D eigenvalue weighted by atomic mass is 10.00. The van der Waals surface area contributed by atoms with Crippen LogP contribution in [0.25, 0.3) is 0 Å². The highest BCUT2D eigenvalue weighted by atomic mass is 32.2. The molecule has 0 aromatic heterocycles. The zero-order chi connectivity index (χ0) is 21.3. The third kappa shape index (κ3) is 3.93. The molecule has 0 bridgehead atoms. The molecule has 0 atom stereocenters. The summed E-state index contributed by atoms with van der Waals surface area (Å²) in [5, 5.41) is 0. The summed E-state index contributed by atoms with van der Waals surface area (Å²) in [6.07, 6.45) is 1.66. The summed E-state index contributed by atoms with van der Waals surface area (Å²) in [7, 11) is -3.89. The predicted octanol–water partition coefficient (Wildman–Crippen LogP) is 4.53. The molecule has 0 spiro atoms. The number of benzene rings is 3. The molecule has 0 unspecified atom stereocenters. The number of nitrogens with one attached hydrogen (secondary N) is 1. The van der Waals surface area contributed by atoms with E-state index in [1.807, 2.05) is 24.3 Å². The number of carbonyl (C=O) groups excluding carboxylic acids is 1. The lowest BCUT2D eigenvalue weighted by molar-refractivity contribution is 0.0985. The van der Waals surface area contributed by atoms with Crippen molar-refractivity contribution in [3.05, 3.63) is 89.2 Å². The van der Waals surface area contributed by atoms with Crippen LogP contribution in [0.5, 0.6) is 0 Å². The summed E-state index contributed by atoms with van der Waals surface area (Å²) in [4.78, 5) is 14.7. The topological polar surface area (TPSA) is 66.5 Å². The molecule has 7 heteroatoms. The summed E-state index contributed by atoms with van der Waals surface area (Å²) in [5.74, 6) is -0.580. The van der Waals surface area contributed by atoms with Crippen LogP contribution >= 0.6 is 0 Å². The van der Waals surface area contributed by atoms with Crippen LogP contribution in [-0.2, 0) is 16.4 Å². The maximum atomic E-state index is 13.5. The van der Waals surface area contributed by atoms with Crippen molar-refractivity contribution in [2.24, 2.45) is 0 Å². The minimum Gasteiger partial charge on any atom is -0.308 e. The monoisotopic (exact) mass is 424 g/mol. The zero-order valence-corrected chi connectivity index (χ0v) is 17.2. The summed E-state index contributed by atoms with van der Waals surface area (Å²) in [5.41, 5.74) is 2.88. The van der Waals surface area contributed by atoms with Crippen LogP contribution in [0.4, 0.5) is 15.8 Å². The standard InChI is InChI=1S/C23H21FN2O3S/c1-16-14-20(11-12-21(16)24)30(28,29)25-19-10-9-17-8-5-13-26(22(17)15-19)23(27)18-6-3-2-4-7-18/h2-4,6-7,9-12,14-15,25H,5,8,13H2,1H3. The van der Waals surface area contributed by atoms with Crippen LogP contribution in [-0.4, -0.2) is 20.9 Å². The fourth-order valence-corrected chi connectivity index (χ4v) is 4.72. The average Bonchev–Trinajstić information content (AvgIpc) is 2.75. The van der Waals surface area contributed by atoms with Gasteiger partial charge in [0, 0.05) is 17.8 Å². The molecule has 154 valence electrons. The zero-order valence-electron chi connectivity index (χ0n) is 16.4. The smallest absolute Gasteiger partial charge is 0.261 e. The molecule has 0 fully saturated rings. The molecule has 0 radical (unpaired) electrons. The second-order valence-corrected chi connectivity index (χ2v) is 8.97. The third-order valence-corrected chi connectivity index (χ3v) is 6.54. The van der Waals surface area contributed by atoms with E-state index >= 15 is 0 Å². The van der Waals surface area contributed by atoms with Gasteiger partial charge in [0.05, 0.1) is 10.6 Å². The lowest BCUT2D eigenvalue weighted by Crippen LogP contribution is -2.35. The van der Waals surface area contributed by atoms with Crippen molar-refractivity contribution in [1.29, 1.82) is 0 Å². The van der Waals surface area contributed by atoms with Gasteiger partial charge in [-0.05, 0) is 73.4 Å². The van der Waals surface area contributed by atoms with E-state index in [1.165, 1.54) is 19.1 Å². The van der Waals surface area contributed by atoms with Crippen molar-refractivity contribution in [2.75, 3.05) is 16.2 Å². The normalized spacial score (nSPS) is 13.6. The first-order chi connectivity index (χ1) is 14.3. The third-order valence-electron chi connectivity index (χ3n) is 5.16. The summed E-state index contributed by atoms with van der Waals surface area (Å²) >= 11 is 0. The molecule has 0 aliphatic carbocycles. The number of amides is 1. The van der Waals surface area contributed by atoms with Crippen molar-refractivity contribution in [1.82, 2.24) is 0 Å². The molecule has 3 aromatic carbocycles. The number of nitrogens with zero attached hydrogens (tertiary/aromatic N) is 1. The van der Waals surface area contributed by atoms with E-state index in [0.29, 0.717) is 23.5 Å². The van der Waals surface area contributed by atoms with Crippen molar-refractivity contribution < 1.29 is 17.6 Å². The molecular formula is C23H21FN2O3S. The number of sulfonamides is 1. The Kier molecular flexibility index (Phi) is 5.30. The van der Waals surface area contributed by atoms with Crippen LogP contribution in [0, 0.1) is 12.7 Å². The number of hydrogen-bond donors (Lipinski definition) is 1. The van der Waals surface area contributed by atoms with Gasteiger partial charge in [0.15, 0.2) is 0 Å². The molecular weight excluding hydrogens is 403 g/mol. The molecule has 0 saturated heterocycles. The highest BCUT2D eigenvalue weighted by molar-refractivity contribution is 7.92. The molecule has 1 N–H and O–H groups in total. The SMILES string of the molecule is Cc1cc(S(=O)(=O)Nc2ccc3c(c2)N(C(=O)c2ccccc2)CCC3)ccc1F. The minimum absolute atomic E-state index is 0.0173. The molecule has 4 rings (SSSR count). The van der Waals surface area contributed by atoms with Crippen molar-refractivity contribution >= 4 is 27.3 Å². The number of carbonyl (C=O) groups is 1. The second-order valence-electron chi connectivity index (χ2n) is 7.29. The number of anilines is 2. The Balaban J connectivity index is 1.65. The molecule has 30 heavy (non-hydrogen) atoms. The number of rotatable bonds is 4. The van der Waals surface area contributed by atoms with Gasteiger partial charge >= 0.3 is 0 Å². The van der Waals surface area contributed by atoms with E-state index < -0.39 is 15.8 Å². The Morgan fingerprint density at radius 1 is 1.03 bits per heavy atom. The number of hydrogen-bond acceptors (Lipinski definition) is 3. The Hall–Kier alpha value is -3.19. The van der Waals surface area contributed by atoms with Gasteiger partial charge in [-0.2, -0.15) is 0 Å². The number of fused-ring (bicyclic) bond motifs is 1. The van der Waals surface area contributed by atoms with Gasteiger partial charge in [0.2, 0.25) is 0 Å². The Morgan fingerprint density at radius 2 is 1.80 bits per heavy atom. The number of halogens is 1. The van der Waals surface area contributed by atoms with Crippen molar-refractivity contribution in [2.45, 2.75) is 24.7 Å². The molecule has 3 aromatic rings. The Labute approximate surface area is 175 Å². The van der Waals surface area contributed by atoms with Crippen molar-refractivity contribution in [3.63, 3.8) is 0 Å². The van der Waals surface area contributed by atoms with Gasteiger partial charge in [-0.25, -0.2) is 12.8 Å². The Morgan fingerprint density at radius 3 is 2.53 bits per heavy atom. The highest BCUT2D eigenvalue weighted by Gasteiger charge is 2.25. The molecule has 1 heterocycles. The van der Waals surface area contributed by atoms with Gasteiger partial charge in [-0.1, -0.05) is 24.3 Å². The summed E-state index contributed by atoms with van der Waals surface area (Å²) in [6, 6.07) is 17.9. The van der Waals surface area contributed by atoms with Crippen LogP contribution in [0.15, 0.2) is 71.6 Å². The molecule has 1 amide bonds. The first-order valence-corrected chi connectivity index (χ1v) is 11.1. The van der Waals surface area contributed by atoms with Crippen LogP contribution in [0.3, 0.4) is 0 Å². The first-order valence-electron chi connectivity index (χ1n) is 9.64. The van der Waals surface area contributed by atoms with Gasteiger partial charge in [-0.15, -0.1) is 0 Å². The second kappa shape index (κ2) is 7.91. The summed E-state index contributed by atoms with van der Waals surface area (Å²) < 4.78 is 41.6. The van der Waals surface area contributed by atoms with E-state index in [0.717, 1.165) is 24.5 Å². The van der Waals surface area contributed by atoms with E-state index in [-0.39, 0.29) is 16.4 Å². The van der Waals surface area contributed by atoms with E-state index in [4.69, 9.17) is 0 Å². The van der Waals surface area contributed by atoms with Crippen LogP contribution in [0.1, 0.15) is 27.9 Å².